The van der Waals surface area contributed by atoms with Gasteiger partial charge in [0.25, 0.3) is 0 Å². The second-order valence-corrected chi connectivity index (χ2v) is 7.04. The molecule has 1 aliphatic heterocycles. The largest absolute Gasteiger partial charge is 0.459 e. The molecule has 4 nitrogen and oxygen atoms in total. The number of rotatable bonds is 3. The number of hydrogen-bond donors (Lipinski definition) is 0. The molecule has 0 unspecified atom stereocenters. The van der Waals surface area contributed by atoms with Crippen molar-refractivity contribution in [3.63, 3.8) is 0 Å². The van der Waals surface area contributed by atoms with Crippen molar-refractivity contribution >= 4 is 39.3 Å². The van der Waals surface area contributed by atoms with E-state index < -0.39 is 0 Å². The van der Waals surface area contributed by atoms with Crippen molar-refractivity contribution in [1.82, 2.24) is 4.90 Å². The van der Waals surface area contributed by atoms with Crippen molar-refractivity contribution in [2.45, 2.75) is 6.54 Å². The Bertz CT molecular complexity index is 952. The lowest BCUT2D eigenvalue weighted by molar-refractivity contribution is 0.0315. The zero-order valence-corrected chi connectivity index (χ0v) is 16.5. The molecule has 1 saturated heterocycles. The number of ether oxygens (including phenoxy) is 1. The average Bonchev–Trinajstić information content (AvgIpc) is 2.64. The lowest BCUT2D eigenvalue weighted by Gasteiger charge is -2.26. The first-order valence-corrected chi connectivity index (χ1v) is 9.12. The summed E-state index contributed by atoms with van der Waals surface area (Å²) < 4.78 is 12.5. The van der Waals surface area contributed by atoms with E-state index in [1.807, 2.05) is 48.5 Å². The van der Waals surface area contributed by atoms with Crippen LogP contribution in [0.5, 0.6) is 0 Å². The predicted octanol–water partition coefficient (Wildman–Crippen LogP) is 4.48. The van der Waals surface area contributed by atoms with Crippen LogP contribution in [0.25, 0.3) is 22.1 Å². The van der Waals surface area contributed by atoms with E-state index in [-0.39, 0.29) is 17.8 Å². The third kappa shape index (κ3) is 3.86. The number of benzene rings is 2. The normalized spacial score (nSPS) is 15.0. The average molecular weight is 437 g/mol. The van der Waals surface area contributed by atoms with Crippen molar-refractivity contribution in [1.29, 1.82) is 0 Å². The van der Waals surface area contributed by atoms with Crippen molar-refractivity contribution in [2.24, 2.45) is 0 Å². The maximum absolute atomic E-state index is 13.2. The molecule has 4 rings (SSSR count). The van der Waals surface area contributed by atoms with Gasteiger partial charge in [0.15, 0.2) is 0 Å². The highest BCUT2D eigenvalue weighted by molar-refractivity contribution is 9.10. The van der Waals surface area contributed by atoms with E-state index in [2.05, 4.69) is 20.8 Å². The van der Waals surface area contributed by atoms with Gasteiger partial charge in [0.1, 0.15) is 11.3 Å². The minimum Gasteiger partial charge on any atom is -0.459 e. The molecule has 1 fully saturated rings. The van der Waals surface area contributed by atoms with E-state index >= 15 is 0 Å². The topological polar surface area (TPSA) is 42.7 Å². The lowest BCUT2D eigenvalue weighted by atomic mass is 10.0. The Morgan fingerprint density at radius 1 is 1.04 bits per heavy atom. The van der Waals surface area contributed by atoms with Crippen LogP contribution >= 0.6 is 28.3 Å². The van der Waals surface area contributed by atoms with Crippen molar-refractivity contribution < 1.29 is 9.15 Å². The molecular weight excluding hydrogens is 418 g/mol. The Labute approximate surface area is 166 Å². The highest BCUT2D eigenvalue weighted by Gasteiger charge is 2.20. The van der Waals surface area contributed by atoms with Crippen LogP contribution in [-0.4, -0.2) is 31.2 Å². The fourth-order valence-corrected chi connectivity index (χ4v) is 3.55. The third-order valence-electron chi connectivity index (χ3n) is 4.46. The Balaban J connectivity index is 0.00000196. The van der Waals surface area contributed by atoms with Crippen LogP contribution in [0.3, 0.4) is 0 Å². The van der Waals surface area contributed by atoms with Gasteiger partial charge in [-0.05, 0) is 23.8 Å². The van der Waals surface area contributed by atoms with Crippen LogP contribution in [0.4, 0.5) is 0 Å². The summed E-state index contributed by atoms with van der Waals surface area (Å²) in [5.41, 5.74) is 2.17. The molecule has 0 bridgehead atoms. The number of halogens is 2. The Kier molecular flexibility index (Phi) is 6.14. The fraction of sp³-hybridized carbons (Fsp3) is 0.250. The van der Waals surface area contributed by atoms with Crippen molar-refractivity contribution in [3.8, 4) is 11.1 Å². The van der Waals surface area contributed by atoms with Gasteiger partial charge in [0.2, 0.25) is 5.43 Å². The van der Waals surface area contributed by atoms with Crippen LogP contribution < -0.4 is 5.43 Å². The summed E-state index contributed by atoms with van der Waals surface area (Å²) in [4.78, 5) is 15.5. The first kappa shape index (κ1) is 19.1. The fourth-order valence-electron chi connectivity index (χ4n) is 3.18. The SMILES string of the molecule is Cl.O=c1c(-c2ccccc2)c(CN2CCOCC2)oc2ccc(Br)cc12. The summed E-state index contributed by atoms with van der Waals surface area (Å²) in [5, 5.41) is 0.596. The molecule has 0 amide bonds. The molecule has 0 aliphatic carbocycles. The molecule has 0 saturated carbocycles. The van der Waals surface area contributed by atoms with Gasteiger partial charge in [-0.25, -0.2) is 0 Å². The van der Waals surface area contributed by atoms with E-state index in [1.165, 1.54) is 0 Å². The van der Waals surface area contributed by atoms with Gasteiger partial charge in [-0.3, -0.25) is 9.69 Å². The number of nitrogens with zero attached hydrogens (tertiary/aromatic N) is 1. The quantitative estimate of drug-likeness (QED) is 0.607. The molecular formula is C20H19BrClNO3. The smallest absolute Gasteiger partial charge is 0.200 e. The van der Waals surface area contributed by atoms with Gasteiger partial charge in [0, 0.05) is 17.6 Å². The van der Waals surface area contributed by atoms with Crippen molar-refractivity contribution in [2.75, 3.05) is 26.3 Å². The van der Waals surface area contributed by atoms with Gasteiger partial charge < -0.3 is 9.15 Å². The van der Waals surface area contributed by atoms with Crippen LogP contribution in [-0.2, 0) is 11.3 Å². The molecule has 0 N–H and O–H groups in total. The molecule has 1 aliphatic rings. The Morgan fingerprint density at radius 2 is 1.77 bits per heavy atom. The van der Waals surface area contributed by atoms with Crippen molar-refractivity contribution in [3.05, 3.63) is 69.0 Å². The van der Waals surface area contributed by atoms with E-state index in [1.54, 1.807) is 0 Å². The predicted molar refractivity (Wildman–Crippen MR) is 109 cm³/mol. The van der Waals surface area contributed by atoms with Gasteiger partial charge in [0.05, 0.1) is 30.7 Å². The maximum Gasteiger partial charge on any atom is 0.200 e. The molecule has 0 atom stereocenters. The van der Waals surface area contributed by atoms with E-state index in [9.17, 15) is 4.79 Å². The first-order valence-electron chi connectivity index (χ1n) is 8.33. The molecule has 3 aromatic rings. The Morgan fingerprint density at radius 3 is 2.50 bits per heavy atom. The van der Waals surface area contributed by atoms with Crippen LogP contribution in [0, 0.1) is 0 Å². The van der Waals surface area contributed by atoms with Gasteiger partial charge in [-0.1, -0.05) is 46.3 Å². The molecule has 2 aromatic carbocycles. The van der Waals surface area contributed by atoms with Crippen LogP contribution in [0.1, 0.15) is 5.76 Å². The highest BCUT2D eigenvalue weighted by Crippen LogP contribution is 2.27. The highest BCUT2D eigenvalue weighted by atomic mass is 79.9. The molecule has 2 heterocycles. The molecule has 1 aromatic heterocycles. The molecule has 136 valence electrons. The van der Waals surface area contributed by atoms with E-state index in [4.69, 9.17) is 9.15 Å². The maximum atomic E-state index is 13.2. The molecule has 0 radical (unpaired) electrons. The third-order valence-corrected chi connectivity index (χ3v) is 4.95. The summed E-state index contributed by atoms with van der Waals surface area (Å²) in [6, 6.07) is 15.3. The summed E-state index contributed by atoms with van der Waals surface area (Å²) in [6.07, 6.45) is 0. The summed E-state index contributed by atoms with van der Waals surface area (Å²) >= 11 is 3.44. The second kappa shape index (κ2) is 8.35. The molecule has 0 spiro atoms. The number of fused-ring (bicyclic) bond motifs is 1. The zero-order valence-electron chi connectivity index (χ0n) is 14.1. The van der Waals surface area contributed by atoms with Gasteiger partial charge in [-0.15, -0.1) is 12.4 Å². The van der Waals surface area contributed by atoms with Gasteiger partial charge in [-0.2, -0.15) is 0 Å². The molecule has 6 heteroatoms. The lowest BCUT2D eigenvalue weighted by Crippen LogP contribution is -2.36. The minimum absolute atomic E-state index is 0. The monoisotopic (exact) mass is 435 g/mol. The number of morpholine rings is 1. The number of hydrogen-bond acceptors (Lipinski definition) is 4. The van der Waals surface area contributed by atoms with Crippen LogP contribution in [0.2, 0.25) is 0 Å². The summed E-state index contributed by atoms with van der Waals surface area (Å²) in [6.45, 7) is 3.72. The standard InChI is InChI=1S/C20H18BrNO3.ClH/c21-15-6-7-17-16(12-15)20(23)19(14-4-2-1-3-5-14)18(25-17)13-22-8-10-24-11-9-22;/h1-7,12H,8-11,13H2;1H. The minimum atomic E-state index is 0. The van der Waals surface area contributed by atoms with E-state index in [0.717, 1.165) is 23.1 Å². The van der Waals surface area contributed by atoms with E-state index in [0.29, 0.717) is 42.1 Å². The summed E-state index contributed by atoms with van der Waals surface area (Å²) in [7, 11) is 0. The van der Waals surface area contributed by atoms with Crippen LogP contribution in [0.15, 0.2) is 62.2 Å². The Hall–Kier alpha value is -1.66. The second-order valence-electron chi connectivity index (χ2n) is 6.12. The zero-order chi connectivity index (χ0) is 17.2. The molecule has 26 heavy (non-hydrogen) atoms. The summed E-state index contributed by atoms with van der Waals surface area (Å²) in [5.74, 6) is 0.716. The van der Waals surface area contributed by atoms with Gasteiger partial charge >= 0.3 is 0 Å². The first-order chi connectivity index (χ1) is 12.2.